The molecule has 0 atom stereocenters. The van der Waals surface area contributed by atoms with Crippen molar-refractivity contribution in [2.45, 2.75) is 20.8 Å². The van der Waals surface area contributed by atoms with Gasteiger partial charge in [0.05, 0.1) is 0 Å². The van der Waals surface area contributed by atoms with Gasteiger partial charge in [0.1, 0.15) is 0 Å². The minimum absolute atomic E-state index is 0. The molecule has 0 amide bonds. The maximum Gasteiger partial charge on any atom is 2.00 e. The molecule has 0 fully saturated rings. The fourth-order valence-electron chi connectivity index (χ4n) is 0. The molecule has 0 bridgehead atoms. The van der Waals surface area contributed by atoms with Crippen LogP contribution in [-0.2, 0) is 27.3 Å². The summed E-state index contributed by atoms with van der Waals surface area (Å²) in [4.78, 5) is 0. The molecule has 0 unspecified atom stereocenters. The van der Waals surface area contributed by atoms with Gasteiger partial charge in [-0.25, -0.2) is 0 Å². The summed E-state index contributed by atoms with van der Waals surface area (Å²) < 4.78 is 0. The Balaban J connectivity index is -0.0000000480. The van der Waals surface area contributed by atoms with E-state index in [9.17, 15) is 0 Å². The van der Waals surface area contributed by atoms with Crippen LogP contribution in [0, 0.1) is 19.8 Å². The molecule has 0 aliphatic rings. The average Bonchev–Trinajstić information content (AvgIpc) is 1.41. The van der Waals surface area contributed by atoms with Crippen molar-refractivity contribution in [3.8, 4) is 0 Å². The third-order valence-corrected chi connectivity index (χ3v) is 0. The van der Waals surface area contributed by atoms with Crippen molar-refractivity contribution in [1.82, 2.24) is 0 Å². The smallest absolute Gasteiger partial charge is 0.346 e. The van der Waals surface area contributed by atoms with Crippen LogP contribution in [0.1, 0.15) is 20.8 Å². The minimum atomic E-state index is 0. The largest absolute Gasteiger partial charge is 2.00 e. The van der Waals surface area contributed by atoms with E-state index in [4.69, 9.17) is 0 Å². The molecule has 0 saturated heterocycles. The fourth-order valence-corrected chi connectivity index (χ4v) is 0. The van der Waals surface area contributed by atoms with Crippen LogP contribution in [0.4, 0.5) is 0 Å². The van der Waals surface area contributed by atoms with Gasteiger partial charge in [0.2, 0.25) is 0 Å². The molecule has 0 heterocycles. The predicted molar refractivity (Wildman–Crippen MR) is 31.2 cm³/mol. The summed E-state index contributed by atoms with van der Waals surface area (Å²) in [5, 5.41) is 0. The first-order chi connectivity index (χ1) is 2.73. The standard InChI is InChI=1S/C4H9.C2H5.Cd/c1-4(2)3;1-2;/h4H,1H2,2-3H3;1H2,2H3;/q2*-1;+2. The number of hydrogen-bond acceptors (Lipinski definition) is 0. The zero-order valence-electron chi connectivity index (χ0n) is 5.70. The Kier molecular flexibility index (Phi) is 35.3. The molecular weight excluding hydrogens is 184 g/mol. The molecule has 0 aromatic heterocycles. The molecule has 0 radical (unpaired) electrons. The van der Waals surface area contributed by atoms with Crippen molar-refractivity contribution in [3.63, 3.8) is 0 Å². The van der Waals surface area contributed by atoms with Crippen LogP contribution in [0.2, 0.25) is 0 Å². The van der Waals surface area contributed by atoms with Crippen molar-refractivity contribution in [2.75, 3.05) is 0 Å². The Hall–Kier alpha value is 0.922. The van der Waals surface area contributed by atoms with Crippen LogP contribution < -0.4 is 0 Å². The fraction of sp³-hybridized carbons (Fsp3) is 0.667. The Morgan fingerprint density at radius 1 is 1.14 bits per heavy atom. The molecule has 0 aromatic rings. The van der Waals surface area contributed by atoms with Crippen molar-refractivity contribution in [2.24, 2.45) is 5.92 Å². The quantitative estimate of drug-likeness (QED) is 0.414. The third-order valence-electron chi connectivity index (χ3n) is 0. The van der Waals surface area contributed by atoms with E-state index in [1.807, 2.05) is 0 Å². The Morgan fingerprint density at radius 3 is 1.14 bits per heavy atom. The molecule has 1 heteroatoms. The molecular formula is C6H14Cd. The zero-order valence-corrected chi connectivity index (χ0v) is 9.73. The molecule has 0 nitrogen and oxygen atoms in total. The van der Waals surface area contributed by atoms with Crippen molar-refractivity contribution in [3.05, 3.63) is 13.8 Å². The molecule has 0 aliphatic heterocycles. The van der Waals surface area contributed by atoms with Crippen molar-refractivity contribution >= 4 is 0 Å². The topological polar surface area (TPSA) is 0 Å². The summed E-state index contributed by atoms with van der Waals surface area (Å²) in [7, 11) is 0. The second kappa shape index (κ2) is 15.8. The van der Waals surface area contributed by atoms with E-state index in [1.165, 1.54) is 0 Å². The first-order valence-electron chi connectivity index (χ1n) is 2.27. The van der Waals surface area contributed by atoms with Gasteiger partial charge >= 0.3 is 27.3 Å². The summed E-state index contributed by atoms with van der Waals surface area (Å²) in [6.07, 6.45) is 0. The second-order valence-electron chi connectivity index (χ2n) is 1.39. The van der Waals surface area contributed by atoms with E-state index >= 15 is 0 Å². The van der Waals surface area contributed by atoms with Gasteiger partial charge in [-0.05, 0) is 0 Å². The van der Waals surface area contributed by atoms with Gasteiger partial charge in [-0.15, -0.1) is 0 Å². The molecule has 0 aliphatic carbocycles. The van der Waals surface area contributed by atoms with E-state index in [-0.39, 0.29) is 27.3 Å². The summed E-state index contributed by atoms with van der Waals surface area (Å²) in [5.74, 6) is 0.583. The van der Waals surface area contributed by atoms with Gasteiger partial charge in [0.25, 0.3) is 0 Å². The van der Waals surface area contributed by atoms with Gasteiger partial charge in [0, 0.05) is 0 Å². The van der Waals surface area contributed by atoms with Crippen LogP contribution in [0.15, 0.2) is 0 Å². The van der Waals surface area contributed by atoms with Crippen LogP contribution in [0.25, 0.3) is 0 Å². The normalized spacial score (nSPS) is 6.00. The van der Waals surface area contributed by atoms with Crippen LogP contribution in [0.5, 0.6) is 0 Å². The molecule has 7 heavy (non-hydrogen) atoms. The summed E-state index contributed by atoms with van der Waals surface area (Å²) in [6, 6.07) is 0. The van der Waals surface area contributed by atoms with Crippen molar-refractivity contribution < 1.29 is 27.3 Å². The van der Waals surface area contributed by atoms with Gasteiger partial charge < -0.3 is 13.8 Å². The zero-order chi connectivity index (χ0) is 5.58. The molecule has 0 rings (SSSR count). The average molecular weight is 199 g/mol. The molecule has 40 valence electrons. The minimum Gasteiger partial charge on any atom is -0.346 e. The SMILES string of the molecule is [CH2-]C.[CH2-]C(C)C.[Cd+2]. The third kappa shape index (κ3) is 197. The summed E-state index contributed by atoms with van der Waals surface area (Å²) >= 11 is 0. The van der Waals surface area contributed by atoms with E-state index in [0.717, 1.165) is 0 Å². The van der Waals surface area contributed by atoms with Gasteiger partial charge in [-0.1, -0.05) is 13.8 Å². The molecule has 0 aromatic carbocycles. The Morgan fingerprint density at radius 2 is 1.14 bits per heavy atom. The first kappa shape index (κ1) is 15.7. The molecule has 0 spiro atoms. The van der Waals surface area contributed by atoms with Gasteiger partial charge in [0.15, 0.2) is 0 Å². The van der Waals surface area contributed by atoms with Crippen molar-refractivity contribution in [1.29, 1.82) is 0 Å². The predicted octanol–water partition coefficient (Wildman–Crippen LogP) is 2.31. The van der Waals surface area contributed by atoms with Gasteiger partial charge in [-0.3, -0.25) is 0 Å². The van der Waals surface area contributed by atoms with Crippen LogP contribution in [-0.4, -0.2) is 0 Å². The molecule has 0 N–H and O–H groups in total. The summed E-state index contributed by atoms with van der Waals surface area (Å²) in [6.45, 7) is 12.8. The maximum absolute atomic E-state index is 3.64. The second-order valence-corrected chi connectivity index (χ2v) is 1.39. The number of hydrogen-bond donors (Lipinski definition) is 0. The van der Waals surface area contributed by atoms with E-state index in [0.29, 0.717) is 5.92 Å². The first-order valence-corrected chi connectivity index (χ1v) is 2.27. The van der Waals surface area contributed by atoms with E-state index in [1.54, 1.807) is 6.92 Å². The Bertz CT molecular complexity index is 8.90. The number of rotatable bonds is 0. The van der Waals surface area contributed by atoms with E-state index < -0.39 is 0 Å². The maximum atomic E-state index is 3.64. The van der Waals surface area contributed by atoms with E-state index in [2.05, 4.69) is 27.7 Å². The van der Waals surface area contributed by atoms with Crippen LogP contribution in [0.3, 0.4) is 0 Å². The monoisotopic (exact) mass is 200 g/mol. The van der Waals surface area contributed by atoms with Gasteiger partial charge in [-0.2, -0.15) is 12.8 Å². The van der Waals surface area contributed by atoms with Crippen LogP contribution >= 0.6 is 0 Å². The Labute approximate surface area is 67.9 Å². The molecule has 0 saturated carbocycles. The summed E-state index contributed by atoms with van der Waals surface area (Å²) in [5.41, 5.74) is 0.